The highest BCUT2D eigenvalue weighted by Crippen LogP contribution is 2.39. The fourth-order valence-corrected chi connectivity index (χ4v) is 7.85. The quantitative estimate of drug-likeness (QED) is 0.170. The van der Waals surface area contributed by atoms with Gasteiger partial charge in [0.15, 0.2) is 17.5 Å². The Morgan fingerprint density at radius 3 is 1.39 bits per heavy atom. The Kier molecular flexibility index (Phi) is 7.31. The molecule has 0 unspecified atom stereocenters. The molecule has 0 aliphatic rings. The molecule has 0 fully saturated rings. The summed E-state index contributed by atoms with van der Waals surface area (Å²) in [4.78, 5) is 28.2. The maximum Gasteiger partial charge on any atom is 0.238 e. The van der Waals surface area contributed by atoms with Gasteiger partial charge in [-0.15, -0.1) is 0 Å². The minimum atomic E-state index is 0.536. The van der Waals surface area contributed by atoms with E-state index in [-0.39, 0.29) is 0 Å². The molecule has 4 heterocycles. The van der Waals surface area contributed by atoms with Crippen molar-refractivity contribution in [2.45, 2.75) is 0 Å². The lowest BCUT2D eigenvalue weighted by atomic mass is 10.00. The molecule has 0 amide bonds. The van der Waals surface area contributed by atoms with Crippen LogP contribution in [0, 0.1) is 0 Å². The van der Waals surface area contributed by atoms with E-state index in [4.69, 9.17) is 15.0 Å². The van der Waals surface area contributed by atoms with Gasteiger partial charge in [0.25, 0.3) is 0 Å². The first-order chi connectivity index (χ1) is 27.8. The molecule has 0 radical (unpaired) electrons. The minimum Gasteiger partial charge on any atom is -0.309 e. The molecule has 4 aromatic heterocycles. The topological polar surface area (TPSA) is 87.2 Å². The average molecular weight is 719 g/mol. The van der Waals surface area contributed by atoms with Crippen molar-refractivity contribution in [1.29, 1.82) is 0 Å². The standard InChI is InChI=1S/C48H30N8/c1-4-12-31(13-5-1)46-52-47(32-14-6-2-7-15-32)54-48(53-46)56-43-24-21-34(27-39(43)40-28-35(22-25-44(40)56)45-50-29-49-30-51-45)33-20-23-42-38(26-33)37-18-10-11-19-41(37)55(42)36-16-8-3-9-17-36/h1-30H. The van der Waals surface area contributed by atoms with Gasteiger partial charge in [0.1, 0.15) is 12.7 Å². The fraction of sp³-hybridized carbons (Fsp3) is 0. The summed E-state index contributed by atoms with van der Waals surface area (Å²) in [6, 6.07) is 59.0. The number of hydrogen-bond donors (Lipinski definition) is 0. The maximum absolute atomic E-state index is 5.13. The molecule has 0 spiro atoms. The van der Waals surface area contributed by atoms with Gasteiger partial charge in [-0.25, -0.2) is 19.9 Å². The molecule has 0 aliphatic heterocycles. The number of para-hydroxylation sites is 2. The highest BCUT2D eigenvalue weighted by Gasteiger charge is 2.20. The van der Waals surface area contributed by atoms with Gasteiger partial charge in [0.05, 0.1) is 22.1 Å². The number of rotatable bonds is 6. The van der Waals surface area contributed by atoms with Crippen molar-refractivity contribution >= 4 is 43.6 Å². The van der Waals surface area contributed by atoms with E-state index < -0.39 is 0 Å². The van der Waals surface area contributed by atoms with Gasteiger partial charge in [-0.05, 0) is 71.8 Å². The highest BCUT2D eigenvalue weighted by atomic mass is 15.2. The second-order valence-electron chi connectivity index (χ2n) is 13.7. The third-order valence-electron chi connectivity index (χ3n) is 10.4. The fourth-order valence-electron chi connectivity index (χ4n) is 7.85. The Hall–Kier alpha value is -7.84. The van der Waals surface area contributed by atoms with Gasteiger partial charge in [-0.1, -0.05) is 109 Å². The van der Waals surface area contributed by atoms with Gasteiger partial charge >= 0.3 is 0 Å². The van der Waals surface area contributed by atoms with Crippen LogP contribution < -0.4 is 0 Å². The first-order valence-corrected chi connectivity index (χ1v) is 18.4. The molecule has 0 atom stereocenters. The zero-order valence-corrected chi connectivity index (χ0v) is 29.9. The predicted octanol–water partition coefficient (Wildman–Crippen LogP) is 10.9. The van der Waals surface area contributed by atoms with E-state index in [1.54, 1.807) is 0 Å². The van der Waals surface area contributed by atoms with Crippen molar-refractivity contribution in [2.75, 3.05) is 0 Å². The van der Waals surface area contributed by atoms with E-state index in [1.165, 1.54) is 34.5 Å². The molecular weight excluding hydrogens is 689 g/mol. The Morgan fingerprint density at radius 1 is 0.321 bits per heavy atom. The van der Waals surface area contributed by atoms with Gasteiger partial charge in [0.2, 0.25) is 5.95 Å². The summed E-state index contributed by atoms with van der Waals surface area (Å²) in [5.41, 5.74) is 10.4. The molecule has 8 heteroatoms. The summed E-state index contributed by atoms with van der Waals surface area (Å²) in [5, 5.41) is 4.51. The third kappa shape index (κ3) is 5.23. The number of hydrogen-bond acceptors (Lipinski definition) is 6. The van der Waals surface area contributed by atoms with E-state index in [0.717, 1.165) is 55.3 Å². The highest BCUT2D eigenvalue weighted by molar-refractivity contribution is 6.13. The lowest BCUT2D eigenvalue weighted by Crippen LogP contribution is -2.06. The van der Waals surface area contributed by atoms with Crippen LogP contribution in [0.25, 0.3) is 101 Å². The lowest BCUT2D eigenvalue weighted by molar-refractivity contribution is 0.953. The summed E-state index contributed by atoms with van der Waals surface area (Å²) in [5.74, 6) is 2.35. The molecule has 0 aliphatic carbocycles. The lowest BCUT2D eigenvalue weighted by Gasteiger charge is -2.11. The van der Waals surface area contributed by atoms with Crippen LogP contribution >= 0.6 is 0 Å². The van der Waals surface area contributed by atoms with Crippen LogP contribution in [0.15, 0.2) is 183 Å². The molecule has 0 saturated carbocycles. The number of nitrogens with zero attached hydrogens (tertiary/aromatic N) is 8. The minimum absolute atomic E-state index is 0.536. The zero-order valence-electron chi connectivity index (χ0n) is 29.9. The van der Waals surface area contributed by atoms with Crippen LogP contribution in [0.1, 0.15) is 0 Å². The van der Waals surface area contributed by atoms with Crippen molar-refractivity contribution in [2.24, 2.45) is 0 Å². The van der Waals surface area contributed by atoms with Gasteiger partial charge in [-0.2, -0.15) is 9.97 Å². The average Bonchev–Trinajstić information content (AvgIpc) is 3.79. The van der Waals surface area contributed by atoms with Crippen LogP contribution in [0.4, 0.5) is 0 Å². The molecule has 56 heavy (non-hydrogen) atoms. The Morgan fingerprint density at radius 2 is 0.786 bits per heavy atom. The van der Waals surface area contributed by atoms with Crippen LogP contribution in [-0.2, 0) is 0 Å². The van der Waals surface area contributed by atoms with Crippen molar-refractivity contribution < 1.29 is 0 Å². The van der Waals surface area contributed by atoms with Crippen LogP contribution in [0.3, 0.4) is 0 Å². The van der Waals surface area contributed by atoms with E-state index in [1.807, 2.05) is 66.7 Å². The first kappa shape index (κ1) is 31.7. The molecule has 262 valence electrons. The monoisotopic (exact) mass is 718 g/mol. The smallest absolute Gasteiger partial charge is 0.238 e. The van der Waals surface area contributed by atoms with E-state index in [9.17, 15) is 0 Å². The normalized spacial score (nSPS) is 11.6. The molecule has 0 N–H and O–H groups in total. The molecule has 8 nitrogen and oxygen atoms in total. The zero-order chi connectivity index (χ0) is 37.0. The Labute approximate surface area is 321 Å². The number of aromatic nitrogens is 8. The van der Waals surface area contributed by atoms with Crippen LogP contribution in [0.5, 0.6) is 0 Å². The second-order valence-corrected chi connectivity index (χ2v) is 13.7. The van der Waals surface area contributed by atoms with E-state index >= 15 is 0 Å². The van der Waals surface area contributed by atoms with Crippen molar-refractivity contribution in [3.63, 3.8) is 0 Å². The summed E-state index contributed by atoms with van der Waals surface area (Å²) < 4.78 is 4.49. The van der Waals surface area contributed by atoms with E-state index in [0.29, 0.717) is 23.4 Å². The maximum atomic E-state index is 5.13. The predicted molar refractivity (Wildman–Crippen MR) is 224 cm³/mol. The summed E-state index contributed by atoms with van der Waals surface area (Å²) in [6.07, 6.45) is 3.06. The van der Waals surface area contributed by atoms with E-state index in [2.05, 4.69) is 127 Å². The number of benzene rings is 7. The number of fused-ring (bicyclic) bond motifs is 6. The van der Waals surface area contributed by atoms with Gasteiger partial charge in [-0.3, -0.25) is 4.57 Å². The SMILES string of the molecule is c1ccc(-c2nc(-c3ccccc3)nc(-n3c4ccc(-c5ccc6c(c5)c5ccccc5n6-c5ccccc5)cc4c4cc(-c5ncncn5)ccc43)n2)cc1. The van der Waals surface area contributed by atoms with Crippen LogP contribution in [0.2, 0.25) is 0 Å². The summed E-state index contributed by atoms with van der Waals surface area (Å²) in [6.45, 7) is 0. The summed E-state index contributed by atoms with van der Waals surface area (Å²) >= 11 is 0. The van der Waals surface area contributed by atoms with Crippen molar-refractivity contribution in [1.82, 2.24) is 39.0 Å². The summed E-state index contributed by atoms with van der Waals surface area (Å²) in [7, 11) is 0. The molecule has 11 aromatic rings. The molecular formula is C48H30N8. The van der Waals surface area contributed by atoms with Gasteiger partial charge in [0, 0.05) is 43.9 Å². The van der Waals surface area contributed by atoms with Crippen LogP contribution in [-0.4, -0.2) is 39.0 Å². The van der Waals surface area contributed by atoms with Crippen molar-refractivity contribution in [3.8, 4) is 56.9 Å². The third-order valence-corrected chi connectivity index (χ3v) is 10.4. The second kappa shape index (κ2) is 12.9. The van der Waals surface area contributed by atoms with Gasteiger partial charge < -0.3 is 4.57 Å². The Bertz CT molecular complexity index is 3170. The largest absolute Gasteiger partial charge is 0.309 e. The molecule has 11 rings (SSSR count). The Balaban J connectivity index is 1.15. The molecule has 0 saturated heterocycles. The van der Waals surface area contributed by atoms with Crippen molar-refractivity contribution in [3.05, 3.63) is 183 Å². The molecule has 7 aromatic carbocycles. The first-order valence-electron chi connectivity index (χ1n) is 18.4. The molecule has 0 bridgehead atoms.